The van der Waals surface area contributed by atoms with Crippen molar-refractivity contribution in [2.75, 3.05) is 52.6 Å². The van der Waals surface area contributed by atoms with Gasteiger partial charge in [0.15, 0.2) is 0 Å². The number of carbonyl (C=O) groups excluding carboxylic acids is 2. The SMILES string of the molecule is O=C(/C=C/c1ccc(Sc2ccc(/C=C/C(=O)N3CCOCC3)c(Cl)c2Cl)c(Cl)c1Cl)N1CCOCC1. The molecule has 2 aliphatic rings. The number of halogens is 4. The number of nitrogens with zero attached hydrogens (tertiary/aromatic N) is 2. The number of carbonyl (C=O) groups is 2. The van der Waals surface area contributed by atoms with Crippen LogP contribution >= 0.6 is 58.2 Å². The van der Waals surface area contributed by atoms with Gasteiger partial charge in [-0.15, -0.1) is 0 Å². The number of amides is 2. The molecule has 196 valence electrons. The van der Waals surface area contributed by atoms with Gasteiger partial charge in [-0.3, -0.25) is 9.59 Å². The average Bonchev–Trinajstić information content (AvgIpc) is 2.93. The molecule has 2 amide bonds. The maximum atomic E-state index is 12.4. The molecule has 2 aromatic rings. The summed E-state index contributed by atoms with van der Waals surface area (Å²) < 4.78 is 10.6. The highest BCUT2D eigenvalue weighted by Crippen LogP contribution is 2.44. The predicted molar refractivity (Wildman–Crippen MR) is 150 cm³/mol. The zero-order valence-electron chi connectivity index (χ0n) is 19.7. The van der Waals surface area contributed by atoms with Crippen LogP contribution < -0.4 is 0 Å². The van der Waals surface area contributed by atoms with Crippen molar-refractivity contribution in [2.45, 2.75) is 9.79 Å². The smallest absolute Gasteiger partial charge is 0.246 e. The molecule has 4 rings (SSSR count). The third-order valence-corrected chi connectivity index (χ3v) is 8.97. The first kappa shape index (κ1) is 28.3. The quantitative estimate of drug-likeness (QED) is 0.369. The molecule has 0 aliphatic carbocycles. The zero-order valence-corrected chi connectivity index (χ0v) is 23.6. The Bertz CT molecular complexity index is 1130. The molecule has 6 nitrogen and oxygen atoms in total. The van der Waals surface area contributed by atoms with Crippen LogP contribution in [0.2, 0.25) is 20.1 Å². The Balaban J connectivity index is 1.45. The van der Waals surface area contributed by atoms with E-state index in [0.717, 1.165) is 0 Å². The molecule has 2 aromatic carbocycles. The maximum absolute atomic E-state index is 12.4. The molecule has 0 atom stereocenters. The van der Waals surface area contributed by atoms with Crippen molar-refractivity contribution in [1.82, 2.24) is 9.80 Å². The fourth-order valence-corrected chi connectivity index (χ4v) is 5.76. The van der Waals surface area contributed by atoms with Gasteiger partial charge in [-0.25, -0.2) is 0 Å². The molecule has 2 saturated heterocycles. The van der Waals surface area contributed by atoms with Gasteiger partial charge in [0, 0.05) is 48.1 Å². The van der Waals surface area contributed by atoms with Gasteiger partial charge in [-0.1, -0.05) is 70.3 Å². The Morgan fingerprint density at radius 2 is 1.03 bits per heavy atom. The third-order valence-electron chi connectivity index (χ3n) is 5.83. The minimum absolute atomic E-state index is 0.101. The van der Waals surface area contributed by atoms with Crippen LogP contribution in [0.15, 0.2) is 46.2 Å². The van der Waals surface area contributed by atoms with Crippen LogP contribution in [0.25, 0.3) is 12.2 Å². The third kappa shape index (κ3) is 7.24. The van der Waals surface area contributed by atoms with Crippen LogP contribution in [-0.4, -0.2) is 74.2 Å². The fourth-order valence-electron chi connectivity index (χ4n) is 3.73. The van der Waals surface area contributed by atoms with Crippen LogP contribution in [-0.2, 0) is 19.1 Å². The number of hydrogen-bond donors (Lipinski definition) is 0. The molecule has 0 saturated carbocycles. The average molecular weight is 602 g/mol. The molecule has 37 heavy (non-hydrogen) atoms. The molecule has 0 radical (unpaired) electrons. The van der Waals surface area contributed by atoms with Crippen molar-refractivity contribution in [3.05, 3.63) is 67.6 Å². The first-order valence-electron chi connectivity index (χ1n) is 11.6. The van der Waals surface area contributed by atoms with Gasteiger partial charge >= 0.3 is 0 Å². The zero-order chi connectivity index (χ0) is 26.4. The highest BCUT2D eigenvalue weighted by molar-refractivity contribution is 7.99. The minimum atomic E-state index is -0.101. The summed E-state index contributed by atoms with van der Waals surface area (Å²) in [6.07, 6.45) is 6.29. The second kappa shape index (κ2) is 13.4. The van der Waals surface area contributed by atoms with E-state index in [1.807, 2.05) is 12.1 Å². The molecular weight excluding hydrogens is 578 g/mol. The van der Waals surface area contributed by atoms with Gasteiger partial charge in [0.25, 0.3) is 0 Å². The summed E-state index contributed by atoms with van der Waals surface area (Å²) in [4.78, 5) is 29.6. The van der Waals surface area contributed by atoms with Crippen LogP contribution in [0.3, 0.4) is 0 Å². The van der Waals surface area contributed by atoms with E-state index in [4.69, 9.17) is 55.9 Å². The van der Waals surface area contributed by atoms with Gasteiger partial charge in [-0.2, -0.15) is 0 Å². The predicted octanol–water partition coefficient (Wildman–Crippen LogP) is 6.20. The second-order valence-electron chi connectivity index (χ2n) is 8.21. The lowest BCUT2D eigenvalue weighted by Gasteiger charge is -2.25. The molecule has 0 bridgehead atoms. The Kier molecular flexibility index (Phi) is 10.2. The van der Waals surface area contributed by atoms with Crippen LogP contribution in [0.1, 0.15) is 11.1 Å². The van der Waals surface area contributed by atoms with Crippen molar-refractivity contribution >= 4 is 82.1 Å². The number of rotatable bonds is 6. The second-order valence-corrected chi connectivity index (χ2v) is 10.8. The molecule has 0 unspecified atom stereocenters. The van der Waals surface area contributed by atoms with Crippen molar-refractivity contribution in [3.63, 3.8) is 0 Å². The Morgan fingerprint density at radius 1 is 0.649 bits per heavy atom. The molecular formula is C26H24Cl4N2O4S. The summed E-state index contributed by atoms with van der Waals surface area (Å²) in [6.45, 7) is 4.40. The largest absolute Gasteiger partial charge is 0.378 e. The van der Waals surface area contributed by atoms with Gasteiger partial charge in [-0.05, 0) is 35.4 Å². The van der Waals surface area contributed by atoms with E-state index in [9.17, 15) is 9.59 Å². The summed E-state index contributed by atoms with van der Waals surface area (Å²) in [6, 6.07) is 7.22. The van der Waals surface area contributed by atoms with Crippen molar-refractivity contribution < 1.29 is 19.1 Å². The monoisotopic (exact) mass is 600 g/mol. The first-order chi connectivity index (χ1) is 17.8. The molecule has 2 aliphatic heterocycles. The van der Waals surface area contributed by atoms with Crippen molar-refractivity contribution in [2.24, 2.45) is 0 Å². The maximum Gasteiger partial charge on any atom is 0.246 e. The van der Waals surface area contributed by atoms with Crippen molar-refractivity contribution in [3.8, 4) is 0 Å². The minimum Gasteiger partial charge on any atom is -0.378 e. The summed E-state index contributed by atoms with van der Waals surface area (Å²) >= 11 is 27.5. The van der Waals surface area contributed by atoms with Gasteiger partial charge in [0.2, 0.25) is 11.8 Å². The lowest BCUT2D eigenvalue weighted by atomic mass is 10.2. The molecule has 2 fully saturated rings. The lowest BCUT2D eigenvalue weighted by Crippen LogP contribution is -2.39. The number of ether oxygens (including phenoxy) is 2. The van der Waals surface area contributed by atoms with E-state index in [2.05, 4.69) is 0 Å². The number of hydrogen-bond acceptors (Lipinski definition) is 5. The van der Waals surface area contributed by atoms with Gasteiger partial charge in [0.05, 0.1) is 46.5 Å². The summed E-state index contributed by atoms with van der Waals surface area (Å²) in [5.74, 6) is -0.202. The Morgan fingerprint density at radius 3 is 1.41 bits per heavy atom. The van der Waals surface area contributed by atoms with Crippen LogP contribution in [0.5, 0.6) is 0 Å². The lowest BCUT2D eigenvalue weighted by molar-refractivity contribution is -0.130. The van der Waals surface area contributed by atoms with Gasteiger partial charge in [0.1, 0.15) is 0 Å². The van der Waals surface area contributed by atoms with E-state index >= 15 is 0 Å². The Labute approximate surface area is 240 Å². The molecule has 11 heteroatoms. The summed E-state index contributed by atoms with van der Waals surface area (Å²) in [5, 5.41) is 1.36. The standard InChI is InChI=1S/C26H24Cl4N2O4S/c27-23-17(3-7-21(33)31-9-13-35-14-10-31)1-5-19(25(23)29)37-20-6-2-18(24(28)26(20)30)4-8-22(34)32-11-15-36-16-12-32/h1-8H,9-16H2/b7-3+,8-4+. The van der Waals surface area contributed by atoms with Gasteiger partial charge < -0.3 is 19.3 Å². The molecule has 2 heterocycles. The normalized spacial score (nSPS) is 16.6. The van der Waals surface area contributed by atoms with Crippen LogP contribution in [0.4, 0.5) is 0 Å². The molecule has 0 N–H and O–H groups in total. The van der Waals surface area contributed by atoms with E-state index < -0.39 is 0 Å². The fraction of sp³-hybridized carbons (Fsp3) is 0.308. The van der Waals surface area contributed by atoms with E-state index in [-0.39, 0.29) is 11.8 Å². The summed E-state index contributed by atoms with van der Waals surface area (Å²) in [7, 11) is 0. The van der Waals surface area contributed by atoms with Crippen LogP contribution in [0, 0.1) is 0 Å². The summed E-state index contributed by atoms with van der Waals surface area (Å²) in [5.41, 5.74) is 1.26. The first-order valence-corrected chi connectivity index (χ1v) is 13.9. The Hall–Kier alpha value is -1.71. The molecule has 0 spiro atoms. The molecule has 0 aromatic heterocycles. The van der Waals surface area contributed by atoms with E-state index in [0.29, 0.717) is 93.6 Å². The highest BCUT2D eigenvalue weighted by Gasteiger charge is 2.17. The highest BCUT2D eigenvalue weighted by atomic mass is 35.5. The number of morpholine rings is 2. The van der Waals surface area contributed by atoms with E-state index in [1.165, 1.54) is 23.9 Å². The van der Waals surface area contributed by atoms with E-state index in [1.54, 1.807) is 34.1 Å². The van der Waals surface area contributed by atoms with Crippen molar-refractivity contribution in [1.29, 1.82) is 0 Å². The number of benzene rings is 2. The topological polar surface area (TPSA) is 59.1 Å².